The molecule has 0 radical (unpaired) electrons. The average Bonchev–Trinajstić information content (AvgIpc) is 3.03. The smallest absolute Gasteiger partial charge is 0.355 e. The molecular weight excluding hydrogens is 373 g/mol. The number of hydrogen-bond donors (Lipinski definition) is 0. The van der Waals surface area contributed by atoms with Crippen LogP contribution in [0.1, 0.15) is 6.92 Å². The molecule has 3 rings (SSSR count). The number of methoxy groups -OCH3 is 1. The summed E-state index contributed by atoms with van der Waals surface area (Å²) >= 11 is 11.9. The Labute approximate surface area is 151 Å². The summed E-state index contributed by atoms with van der Waals surface area (Å²) in [6, 6.07) is 2.98. The van der Waals surface area contributed by atoms with Gasteiger partial charge in [0.25, 0.3) is 5.91 Å². The minimum Gasteiger partial charge on any atom is -0.464 e. The molecule has 0 N–H and O–H groups in total. The van der Waals surface area contributed by atoms with Gasteiger partial charge in [0.15, 0.2) is 11.8 Å². The number of hydrogen-bond acceptors (Lipinski definition) is 6. The van der Waals surface area contributed by atoms with E-state index in [1.807, 2.05) is 0 Å². The molecule has 130 valence electrons. The Morgan fingerprint density at radius 3 is 2.24 bits per heavy atom. The average molecular weight is 384 g/mol. The molecule has 10 heteroatoms. The highest BCUT2D eigenvalue weighted by Crippen LogP contribution is 2.37. The van der Waals surface area contributed by atoms with Gasteiger partial charge in [-0.1, -0.05) is 23.2 Å². The lowest BCUT2D eigenvalue weighted by molar-refractivity contribution is -0.136. The Kier molecular flexibility index (Phi) is 4.26. The first-order valence-electron chi connectivity index (χ1n) is 7.06. The zero-order valence-electron chi connectivity index (χ0n) is 13.0. The van der Waals surface area contributed by atoms with Crippen molar-refractivity contribution in [1.82, 2.24) is 5.01 Å². The van der Waals surface area contributed by atoms with Gasteiger partial charge in [0, 0.05) is 17.0 Å². The van der Waals surface area contributed by atoms with E-state index in [0.29, 0.717) is 0 Å². The summed E-state index contributed by atoms with van der Waals surface area (Å²) in [5.74, 6) is -4.11. The quantitative estimate of drug-likeness (QED) is 0.565. The molecule has 1 saturated heterocycles. The lowest BCUT2D eigenvalue weighted by Gasteiger charge is -2.19. The number of imide groups is 1. The highest BCUT2D eigenvalue weighted by Gasteiger charge is 2.59. The molecule has 0 unspecified atom stereocenters. The van der Waals surface area contributed by atoms with Crippen LogP contribution in [0.15, 0.2) is 23.3 Å². The SMILES string of the molecule is COC(=O)C1=NN(C(C)=O)[C@@H]2C(=O)N(c3cc(Cl)cc(Cl)c3)C(=O)[C@H]12. The first-order chi connectivity index (χ1) is 11.8. The van der Waals surface area contributed by atoms with Gasteiger partial charge in [-0.15, -0.1) is 0 Å². The Balaban J connectivity index is 2.09. The largest absolute Gasteiger partial charge is 0.464 e. The van der Waals surface area contributed by atoms with E-state index in [-0.39, 0.29) is 21.4 Å². The molecule has 2 aliphatic rings. The molecule has 2 atom stereocenters. The van der Waals surface area contributed by atoms with Crippen LogP contribution in [0.4, 0.5) is 5.69 Å². The second kappa shape index (κ2) is 6.12. The van der Waals surface area contributed by atoms with Gasteiger partial charge >= 0.3 is 5.97 Å². The molecule has 1 aromatic carbocycles. The fourth-order valence-corrected chi connectivity index (χ4v) is 3.39. The molecule has 1 aromatic rings. The van der Waals surface area contributed by atoms with Gasteiger partial charge in [0.1, 0.15) is 5.92 Å². The van der Waals surface area contributed by atoms with Crippen molar-refractivity contribution >= 4 is 58.3 Å². The second-order valence-electron chi connectivity index (χ2n) is 5.40. The summed E-state index contributed by atoms with van der Waals surface area (Å²) in [5, 5.41) is 5.09. The number of carbonyl (C=O) groups excluding carboxylic acids is 4. The zero-order valence-corrected chi connectivity index (χ0v) is 14.5. The number of benzene rings is 1. The van der Waals surface area contributed by atoms with E-state index in [0.717, 1.165) is 17.0 Å². The predicted molar refractivity (Wildman–Crippen MR) is 88.2 cm³/mol. The first-order valence-corrected chi connectivity index (χ1v) is 7.82. The van der Waals surface area contributed by atoms with Gasteiger partial charge in [-0.2, -0.15) is 5.10 Å². The normalized spacial score (nSPS) is 22.2. The van der Waals surface area contributed by atoms with E-state index >= 15 is 0 Å². The predicted octanol–water partition coefficient (Wildman–Crippen LogP) is 1.24. The third-order valence-electron chi connectivity index (χ3n) is 3.87. The molecular formula is C15H11Cl2N3O5. The number of rotatable bonds is 2. The van der Waals surface area contributed by atoms with Crippen LogP contribution in [0, 0.1) is 5.92 Å². The summed E-state index contributed by atoms with van der Waals surface area (Å²) in [5.41, 5.74) is -0.147. The molecule has 1 fully saturated rings. The number of amides is 3. The Morgan fingerprint density at radius 2 is 1.72 bits per heavy atom. The summed E-state index contributed by atoms with van der Waals surface area (Å²) in [4.78, 5) is 50.2. The fourth-order valence-electron chi connectivity index (χ4n) is 2.87. The molecule has 2 aliphatic heterocycles. The summed E-state index contributed by atoms with van der Waals surface area (Å²) in [7, 11) is 1.12. The van der Waals surface area contributed by atoms with Crippen LogP contribution < -0.4 is 4.90 Å². The molecule has 0 aromatic heterocycles. The lowest BCUT2D eigenvalue weighted by Crippen LogP contribution is -2.41. The topological polar surface area (TPSA) is 96.3 Å². The van der Waals surface area contributed by atoms with Gasteiger partial charge in [0.05, 0.1) is 12.8 Å². The molecule has 0 spiro atoms. The van der Waals surface area contributed by atoms with Crippen molar-refractivity contribution in [2.45, 2.75) is 13.0 Å². The summed E-state index contributed by atoms with van der Waals surface area (Å²) < 4.78 is 4.60. The van der Waals surface area contributed by atoms with Gasteiger partial charge in [-0.25, -0.2) is 14.7 Å². The lowest BCUT2D eigenvalue weighted by atomic mass is 9.98. The van der Waals surface area contributed by atoms with Crippen LogP contribution in [0.3, 0.4) is 0 Å². The fraction of sp³-hybridized carbons (Fsp3) is 0.267. The molecule has 3 amide bonds. The van der Waals surface area contributed by atoms with Gasteiger partial charge in [-0.3, -0.25) is 14.4 Å². The van der Waals surface area contributed by atoms with Crippen molar-refractivity contribution in [3.8, 4) is 0 Å². The van der Waals surface area contributed by atoms with Crippen molar-refractivity contribution < 1.29 is 23.9 Å². The number of nitrogens with zero attached hydrogens (tertiary/aromatic N) is 3. The van der Waals surface area contributed by atoms with E-state index in [1.165, 1.54) is 25.1 Å². The van der Waals surface area contributed by atoms with Crippen molar-refractivity contribution in [1.29, 1.82) is 0 Å². The van der Waals surface area contributed by atoms with Gasteiger partial charge in [-0.05, 0) is 18.2 Å². The van der Waals surface area contributed by atoms with Crippen LogP contribution in [0.25, 0.3) is 0 Å². The third kappa shape index (κ3) is 2.67. The highest BCUT2D eigenvalue weighted by atomic mass is 35.5. The minimum absolute atomic E-state index is 0.148. The van der Waals surface area contributed by atoms with Gasteiger partial charge < -0.3 is 4.74 Å². The van der Waals surface area contributed by atoms with Crippen molar-refractivity contribution in [2.75, 3.05) is 12.0 Å². The summed E-state index contributed by atoms with van der Waals surface area (Å²) in [6.07, 6.45) is 0. The standard InChI is InChI=1S/C15H11Cl2N3O5/c1-6(21)20-12-10(11(18-20)15(24)25-2)13(22)19(14(12)23)9-4-7(16)3-8(17)5-9/h3-5,10,12H,1-2H3/t10-,12+/m1/s1. The number of fused-ring (bicyclic) bond motifs is 1. The molecule has 25 heavy (non-hydrogen) atoms. The van der Waals surface area contributed by atoms with Crippen LogP contribution in [0.2, 0.25) is 10.0 Å². The maximum absolute atomic E-state index is 12.8. The van der Waals surface area contributed by atoms with Crippen LogP contribution >= 0.6 is 23.2 Å². The van der Waals surface area contributed by atoms with E-state index in [4.69, 9.17) is 23.2 Å². The van der Waals surface area contributed by atoms with Crippen LogP contribution in [0.5, 0.6) is 0 Å². The monoisotopic (exact) mass is 383 g/mol. The van der Waals surface area contributed by atoms with E-state index < -0.39 is 35.7 Å². The van der Waals surface area contributed by atoms with E-state index in [9.17, 15) is 19.2 Å². The Bertz CT molecular complexity index is 833. The third-order valence-corrected chi connectivity index (χ3v) is 4.31. The van der Waals surface area contributed by atoms with Crippen LogP contribution in [-0.4, -0.2) is 47.6 Å². The number of hydrazone groups is 1. The number of ether oxygens (including phenoxy) is 1. The molecule has 2 heterocycles. The number of halogens is 2. The van der Waals surface area contributed by atoms with Crippen molar-refractivity contribution in [3.63, 3.8) is 0 Å². The number of anilines is 1. The summed E-state index contributed by atoms with van der Waals surface area (Å²) in [6.45, 7) is 1.18. The molecule has 0 aliphatic carbocycles. The van der Waals surface area contributed by atoms with E-state index in [1.54, 1.807) is 0 Å². The second-order valence-corrected chi connectivity index (χ2v) is 6.28. The maximum atomic E-state index is 12.8. The first kappa shape index (κ1) is 17.4. The van der Waals surface area contributed by atoms with E-state index in [2.05, 4.69) is 9.84 Å². The Hall–Kier alpha value is -2.45. The van der Waals surface area contributed by atoms with Crippen molar-refractivity contribution in [2.24, 2.45) is 11.0 Å². The number of carbonyl (C=O) groups is 4. The van der Waals surface area contributed by atoms with Crippen molar-refractivity contribution in [3.05, 3.63) is 28.2 Å². The molecule has 0 bridgehead atoms. The zero-order chi connectivity index (χ0) is 18.5. The maximum Gasteiger partial charge on any atom is 0.355 e. The minimum atomic E-state index is -1.24. The number of esters is 1. The Morgan fingerprint density at radius 1 is 1.12 bits per heavy atom. The van der Waals surface area contributed by atoms with Gasteiger partial charge in [0.2, 0.25) is 11.8 Å². The molecule has 0 saturated carbocycles. The van der Waals surface area contributed by atoms with Crippen LogP contribution in [-0.2, 0) is 23.9 Å². The molecule has 8 nitrogen and oxygen atoms in total. The highest BCUT2D eigenvalue weighted by molar-refractivity contribution is 6.47.